The van der Waals surface area contributed by atoms with Crippen LogP contribution in [0.15, 0.2) is 0 Å². The molecule has 0 fully saturated rings. The van der Waals surface area contributed by atoms with E-state index in [1.54, 1.807) is 0 Å². The molecular weight excluding hydrogens is 155 g/mol. The van der Waals surface area contributed by atoms with E-state index in [2.05, 4.69) is 40.3 Å². The van der Waals surface area contributed by atoms with Crippen LogP contribution in [0.2, 0.25) is 10.6 Å². The molecule has 0 aromatic heterocycles. The summed E-state index contributed by atoms with van der Waals surface area (Å²) in [5.74, 6) is 1.59. The van der Waals surface area contributed by atoms with Gasteiger partial charge in [-0.25, -0.2) is 0 Å². The predicted molar refractivity (Wildman–Crippen MR) is 53.8 cm³/mol. The van der Waals surface area contributed by atoms with Crippen LogP contribution < -0.4 is 0 Å². The Morgan fingerprint density at radius 3 is 1.50 bits per heavy atom. The third kappa shape index (κ3) is 23.2. The normalized spacial score (nSPS) is 8.20. The minimum absolute atomic E-state index is 0.699. The summed E-state index contributed by atoms with van der Waals surface area (Å²) < 4.78 is 0. The van der Waals surface area contributed by atoms with Gasteiger partial charge >= 0.3 is 39.6 Å². The van der Waals surface area contributed by atoms with Crippen LogP contribution in [0.5, 0.6) is 0 Å². The Kier molecular flexibility index (Phi) is 16.9. The predicted octanol–water partition coefficient (Wildman–Crippen LogP) is 2.76. The zero-order valence-corrected chi connectivity index (χ0v) is 9.66. The van der Waals surface area contributed by atoms with Gasteiger partial charge < -0.3 is 12.6 Å². The summed E-state index contributed by atoms with van der Waals surface area (Å²) in [5.41, 5.74) is 0. The first-order chi connectivity index (χ1) is 4.68. The molecule has 0 rings (SSSR count). The van der Waals surface area contributed by atoms with Crippen molar-refractivity contribution in [2.45, 2.75) is 38.3 Å². The average molecular weight is 174 g/mol. The van der Waals surface area contributed by atoms with E-state index in [-0.39, 0.29) is 0 Å². The molecular formula is C8H19AlS. The third-order valence-corrected chi connectivity index (χ3v) is 2.73. The summed E-state index contributed by atoms with van der Waals surface area (Å²) in [6, 6.07) is 0. The van der Waals surface area contributed by atoms with Crippen LogP contribution in [-0.2, 0) is 12.6 Å². The monoisotopic (exact) mass is 174 g/mol. The molecule has 0 saturated heterocycles. The van der Waals surface area contributed by atoms with Gasteiger partial charge in [0.05, 0.1) is 0 Å². The van der Waals surface area contributed by atoms with Gasteiger partial charge in [0.2, 0.25) is 0 Å². The van der Waals surface area contributed by atoms with Crippen LogP contribution in [0.4, 0.5) is 0 Å². The molecule has 0 spiro atoms. The molecule has 0 aliphatic rings. The van der Waals surface area contributed by atoms with Crippen molar-refractivity contribution >= 4 is 27.8 Å². The topological polar surface area (TPSA) is 0 Å². The Morgan fingerprint density at radius 1 is 1.20 bits per heavy atom. The molecule has 0 aromatic rings. The second-order valence-electron chi connectivity index (χ2n) is 2.67. The van der Waals surface area contributed by atoms with Gasteiger partial charge in [-0.05, 0) is 0 Å². The molecule has 0 radical (unpaired) electrons. The molecule has 0 atom stereocenters. The van der Waals surface area contributed by atoms with E-state index >= 15 is 0 Å². The van der Waals surface area contributed by atoms with Gasteiger partial charge in [-0.15, -0.1) is 0 Å². The van der Waals surface area contributed by atoms with E-state index in [9.17, 15) is 0 Å². The van der Waals surface area contributed by atoms with Crippen LogP contribution in [0.3, 0.4) is 0 Å². The maximum absolute atomic E-state index is 4.68. The Balaban J connectivity index is 0. The fraction of sp³-hybridized carbons (Fsp3) is 1.00. The second kappa shape index (κ2) is 12.5. The molecule has 2 heteroatoms. The molecule has 0 bridgehead atoms. The van der Waals surface area contributed by atoms with Gasteiger partial charge in [-0.1, -0.05) is 19.8 Å². The molecule has 10 heavy (non-hydrogen) atoms. The Labute approximate surface area is 77.9 Å². The van der Waals surface area contributed by atoms with Crippen LogP contribution in [0.25, 0.3) is 0 Å². The van der Waals surface area contributed by atoms with E-state index in [0.717, 1.165) is 21.0 Å². The summed E-state index contributed by atoms with van der Waals surface area (Å²) in [6.45, 7) is 8.73. The molecule has 0 saturated carbocycles. The van der Waals surface area contributed by atoms with E-state index in [1.807, 2.05) is 0 Å². The second-order valence-corrected chi connectivity index (χ2v) is 5.21. The van der Waals surface area contributed by atoms with Crippen molar-refractivity contribution in [3.63, 3.8) is 0 Å². The summed E-state index contributed by atoms with van der Waals surface area (Å²) in [7, 11) is 0. The minimum atomic E-state index is 0.699. The molecule has 0 N–H and O–H groups in total. The Bertz CT molecular complexity index is 44.5. The zero-order valence-electron chi connectivity index (χ0n) is 7.68. The molecule has 0 aromatic carbocycles. The summed E-state index contributed by atoms with van der Waals surface area (Å²) >= 11 is 5.49. The molecule has 0 heterocycles. The van der Waals surface area contributed by atoms with Crippen molar-refractivity contribution in [2.75, 3.05) is 5.75 Å². The van der Waals surface area contributed by atoms with Crippen molar-refractivity contribution in [1.82, 2.24) is 0 Å². The van der Waals surface area contributed by atoms with Gasteiger partial charge in [0.25, 0.3) is 0 Å². The van der Waals surface area contributed by atoms with Crippen LogP contribution in [-0.4, -0.2) is 21.0 Å². The van der Waals surface area contributed by atoms with E-state index in [0.29, 0.717) is 5.92 Å². The molecule has 0 nitrogen and oxygen atoms in total. The fourth-order valence-corrected chi connectivity index (χ4v) is 0.866. The van der Waals surface area contributed by atoms with Crippen LogP contribution in [0.1, 0.15) is 27.7 Å². The first-order valence-electron chi connectivity index (χ1n) is 4.08. The van der Waals surface area contributed by atoms with Gasteiger partial charge in [0, 0.05) is 0 Å². The van der Waals surface area contributed by atoms with Gasteiger partial charge in [-0.3, -0.25) is 0 Å². The van der Waals surface area contributed by atoms with Crippen molar-refractivity contribution < 1.29 is 0 Å². The van der Waals surface area contributed by atoms with Crippen molar-refractivity contribution in [1.29, 1.82) is 0 Å². The van der Waals surface area contributed by atoms with Crippen molar-refractivity contribution in [3.05, 3.63) is 0 Å². The Morgan fingerprint density at radius 2 is 1.50 bits per heavy atom. The van der Waals surface area contributed by atoms with Crippen molar-refractivity contribution in [2.24, 2.45) is 5.92 Å². The standard InChI is InChI=1S/C4H10S.2C2H5.Al/c1-4(2)3-5;2*1-2;/h4-5H,3H2,1-2H3;2*1H2,2H3;/q;;;+1/p-1. The van der Waals surface area contributed by atoms with Crippen LogP contribution >= 0.6 is 0 Å². The number of hydrogen-bond acceptors (Lipinski definition) is 1. The molecule has 0 aliphatic heterocycles. The van der Waals surface area contributed by atoms with Gasteiger partial charge in [0.15, 0.2) is 0 Å². The first-order valence-corrected chi connectivity index (χ1v) is 6.29. The molecule has 0 unspecified atom stereocenters. The molecule has 0 amide bonds. The van der Waals surface area contributed by atoms with E-state index < -0.39 is 0 Å². The third-order valence-electron chi connectivity index (χ3n) is 0.911. The summed E-state index contributed by atoms with van der Waals surface area (Å²) in [4.78, 5) is 0. The Hall–Kier alpha value is 0.882. The summed E-state index contributed by atoms with van der Waals surface area (Å²) in [6.07, 6.45) is 0. The van der Waals surface area contributed by atoms with E-state index in [4.69, 9.17) is 0 Å². The van der Waals surface area contributed by atoms with Crippen LogP contribution in [0, 0.1) is 5.92 Å². The number of rotatable bonds is 3. The van der Waals surface area contributed by atoms with E-state index in [1.165, 1.54) is 10.6 Å². The quantitative estimate of drug-likeness (QED) is 0.468. The van der Waals surface area contributed by atoms with Gasteiger partial charge in [0.1, 0.15) is 0 Å². The average Bonchev–Trinajstić information content (AvgIpc) is 1.91. The first kappa shape index (κ1) is 13.5. The molecule has 60 valence electrons. The summed E-state index contributed by atoms with van der Waals surface area (Å²) in [5, 5.41) is 2.85. The zero-order chi connectivity index (χ0) is 8.41. The SMILES string of the molecule is CC(C)C[S-].C[CH2][Al+][CH2]C. The molecule has 0 aliphatic carbocycles. The fourth-order valence-electron chi connectivity index (χ4n) is 0.289. The number of hydrogen-bond donors (Lipinski definition) is 0. The maximum atomic E-state index is 4.68. The van der Waals surface area contributed by atoms with Gasteiger partial charge in [-0.2, -0.15) is 5.75 Å². The van der Waals surface area contributed by atoms with Crippen molar-refractivity contribution in [3.8, 4) is 0 Å².